The number of rotatable bonds is 0. The van der Waals surface area contributed by atoms with Gasteiger partial charge in [-0.1, -0.05) is 20.8 Å². The molecule has 0 radical (unpaired) electrons. The second-order valence-electron chi connectivity index (χ2n) is 2.83. The maximum atomic E-state index is 9.32. The highest BCUT2D eigenvalue weighted by molar-refractivity contribution is 4.74. The van der Waals surface area contributed by atoms with Gasteiger partial charge in [-0.3, -0.25) is 0 Å². The summed E-state index contributed by atoms with van der Waals surface area (Å²) in [4.78, 5) is 0. The van der Waals surface area contributed by atoms with Crippen molar-refractivity contribution in [2.24, 2.45) is 5.92 Å². The summed E-state index contributed by atoms with van der Waals surface area (Å²) in [5.41, 5.74) is 0. The number of aliphatic hydroxyl groups is 1. The Hall–Kier alpha value is -0.0800. The smallest absolute Gasteiger partial charge is 0.0825 e. The van der Waals surface area contributed by atoms with Gasteiger partial charge in [-0.25, -0.2) is 0 Å². The van der Waals surface area contributed by atoms with Gasteiger partial charge < -0.3 is 9.84 Å². The van der Waals surface area contributed by atoms with Crippen molar-refractivity contribution in [1.82, 2.24) is 0 Å². The molecule has 3 atom stereocenters. The molecule has 0 aromatic rings. The Kier molecular flexibility index (Phi) is 5.51. The van der Waals surface area contributed by atoms with Crippen LogP contribution in [0, 0.1) is 5.92 Å². The molecule has 0 aromatic heterocycles. The second-order valence-corrected chi connectivity index (χ2v) is 2.83. The molecular weight excluding hydrogens is 140 g/mol. The fraction of sp³-hybridized carbons (Fsp3) is 1.00. The SMILES string of the molecule is CC.CC1CCOC(C)C1O. The second kappa shape index (κ2) is 5.56. The molecule has 3 unspecified atom stereocenters. The van der Waals surface area contributed by atoms with E-state index in [4.69, 9.17) is 4.74 Å². The predicted molar refractivity (Wildman–Crippen MR) is 46.5 cm³/mol. The Morgan fingerprint density at radius 2 is 1.82 bits per heavy atom. The molecule has 2 nitrogen and oxygen atoms in total. The monoisotopic (exact) mass is 160 g/mol. The summed E-state index contributed by atoms with van der Waals surface area (Å²) in [6.45, 7) is 8.78. The minimum atomic E-state index is -0.251. The molecule has 0 aromatic carbocycles. The first kappa shape index (κ1) is 10.9. The summed E-state index contributed by atoms with van der Waals surface area (Å²) < 4.78 is 5.21. The highest BCUT2D eigenvalue weighted by atomic mass is 16.5. The van der Waals surface area contributed by atoms with Crippen molar-refractivity contribution in [3.8, 4) is 0 Å². The molecule has 1 saturated heterocycles. The first-order valence-corrected chi connectivity index (χ1v) is 4.51. The first-order valence-electron chi connectivity index (χ1n) is 4.51. The molecule has 1 aliphatic heterocycles. The van der Waals surface area contributed by atoms with Crippen molar-refractivity contribution in [3.05, 3.63) is 0 Å². The number of hydrogen-bond donors (Lipinski definition) is 1. The molecule has 1 heterocycles. The lowest BCUT2D eigenvalue weighted by Gasteiger charge is -2.30. The van der Waals surface area contributed by atoms with Gasteiger partial charge in [0.15, 0.2) is 0 Å². The number of aliphatic hydroxyl groups excluding tert-OH is 1. The van der Waals surface area contributed by atoms with Gasteiger partial charge >= 0.3 is 0 Å². The van der Waals surface area contributed by atoms with E-state index in [0.29, 0.717) is 5.92 Å². The van der Waals surface area contributed by atoms with Gasteiger partial charge in [0, 0.05) is 6.61 Å². The molecule has 11 heavy (non-hydrogen) atoms. The Bertz CT molecular complexity index is 83.6. The summed E-state index contributed by atoms with van der Waals surface area (Å²) >= 11 is 0. The average molecular weight is 160 g/mol. The summed E-state index contributed by atoms with van der Waals surface area (Å²) in [5, 5.41) is 9.32. The van der Waals surface area contributed by atoms with Crippen LogP contribution in [0.1, 0.15) is 34.1 Å². The van der Waals surface area contributed by atoms with Crippen LogP contribution in [-0.4, -0.2) is 23.9 Å². The van der Waals surface area contributed by atoms with E-state index in [1.165, 1.54) is 0 Å². The third kappa shape index (κ3) is 3.21. The van der Waals surface area contributed by atoms with Crippen LogP contribution in [0.5, 0.6) is 0 Å². The summed E-state index contributed by atoms with van der Waals surface area (Å²) in [6, 6.07) is 0. The average Bonchev–Trinajstić information content (AvgIpc) is 2.04. The largest absolute Gasteiger partial charge is 0.390 e. The van der Waals surface area contributed by atoms with Crippen LogP contribution in [0.25, 0.3) is 0 Å². The Balaban J connectivity index is 0.000000461. The topological polar surface area (TPSA) is 29.5 Å². The zero-order valence-electron chi connectivity index (χ0n) is 8.00. The van der Waals surface area contributed by atoms with Crippen LogP contribution in [0.4, 0.5) is 0 Å². The highest BCUT2D eigenvalue weighted by Gasteiger charge is 2.25. The Labute approximate surface area is 69.6 Å². The third-order valence-corrected chi connectivity index (χ3v) is 2.02. The van der Waals surface area contributed by atoms with Crippen LogP contribution in [0.3, 0.4) is 0 Å². The van der Waals surface area contributed by atoms with Gasteiger partial charge in [0.25, 0.3) is 0 Å². The van der Waals surface area contributed by atoms with Crippen LogP contribution < -0.4 is 0 Å². The lowest BCUT2D eigenvalue weighted by molar-refractivity contribution is -0.0911. The lowest BCUT2D eigenvalue weighted by atomic mass is 9.95. The zero-order valence-corrected chi connectivity index (χ0v) is 8.00. The summed E-state index contributed by atoms with van der Waals surface area (Å²) in [7, 11) is 0. The third-order valence-electron chi connectivity index (χ3n) is 2.02. The van der Waals surface area contributed by atoms with E-state index in [1.54, 1.807) is 0 Å². The quantitative estimate of drug-likeness (QED) is 0.585. The van der Waals surface area contributed by atoms with Gasteiger partial charge in [0.05, 0.1) is 12.2 Å². The minimum absolute atomic E-state index is 0.0359. The molecule has 1 rings (SSSR count). The van der Waals surface area contributed by atoms with Crippen molar-refractivity contribution in [3.63, 3.8) is 0 Å². The number of hydrogen-bond acceptors (Lipinski definition) is 2. The normalized spacial score (nSPS) is 37.4. The van der Waals surface area contributed by atoms with Crippen LogP contribution >= 0.6 is 0 Å². The van der Waals surface area contributed by atoms with Crippen LogP contribution in [0.15, 0.2) is 0 Å². The van der Waals surface area contributed by atoms with Crippen molar-refractivity contribution < 1.29 is 9.84 Å². The van der Waals surface area contributed by atoms with Crippen LogP contribution in [0.2, 0.25) is 0 Å². The maximum Gasteiger partial charge on any atom is 0.0825 e. The fourth-order valence-electron chi connectivity index (χ4n) is 1.17. The predicted octanol–water partition coefficient (Wildman–Crippen LogP) is 1.82. The van der Waals surface area contributed by atoms with E-state index in [9.17, 15) is 5.11 Å². The molecule has 2 heteroatoms. The van der Waals surface area contributed by atoms with E-state index >= 15 is 0 Å². The molecule has 0 bridgehead atoms. The molecule has 0 aliphatic carbocycles. The number of ether oxygens (including phenoxy) is 1. The van der Waals surface area contributed by atoms with Gasteiger partial charge in [-0.2, -0.15) is 0 Å². The van der Waals surface area contributed by atoms with Gasteiger partial charge in [-0.15, -0.1) is 0 Å². The molecule has 1 N–H and O–H groups in total. The van der Waals surface area contributed by atoms with Crippen molar-refractivity contribution in [1.29, 1.82) is 0 Å². The maximum absolute atomic E-state index is 9.32. The zero-order chi connectivity index (χ0) is 8.85. The molecular formula is C9H20O2. The van der Waals surface area contributed by atoms with E-state index in [-0.39, 0.29) is 12.2 Å². The Morgan fingerprint density at radius 3 is 2.18 bits per heavy atom. The highest BCUT2D eigenvalue weighted by Crippen LogP contribution is 2.19. The van der Waals surface area contributed by atoms with Gasteiger partial charge in [-0.05, 0) is 19.3 Å². The molecule has 0 amide bonds. The minimum Gasteiger partial charge on any atom is -0.390 e. The molecule has 0 saturated carbocycles. The lowest BCUT2D eigenvalue weighted by Crippen LogP contribution is -2.37. The standard InChI is InChI=1S/C7H14O2.C2H6/c1-5-3-4-9-6(2)7(5)8;1-2/h5-8H,3-4H2,1-2H3;1-2H3. The summed E-state index contributed by atoms with van der Waals surface area (Å²) in [6.07, 6.45) is 0.776. The van der Waals surface area contributed by atoms with E-state index in [0.717, 1.165) is 13.0 Å². The van der Waals surface area contributed by atoms with Crippen molar-refractivity contribution in [2.75, 3.05) is 6.61 Å². The first-order chi connectivity index (χ1) is 5.22. The van der Waals surface area contributed by atoms with E-state index < -0.39 is 0 Å². The van der Waals surface area contributed by atoms with Crippen molar-refractivity contribution >= 4 is 0 Å². The fourth-order valence-corrected chi connectivity index (χ4v) is 1.17. The summed E-state index contributed by atoms with van der Waals surface area (Å²) in [5.74, 6) is 0.411. The molecule has 68 valence electrons. The Morgan fingerprint density at radius 1 is 1.27 bits per heavy atom. The van der Waals surface area contributed by atoms with Gasteiger partial charge in [0.1, 0.15) is 0 Å². The van der Waals surface area contributed by atoms with Crippen LogP contribution in [-0.2, 0) is 4.74 Å². The van der Waals surface area contributed by atoms with Crippen molar-refractivity contribution in [2.45, 2.75) is 46.3 Å². The molecule has 1 fully saturated rings. The molecule has 1 aliphatic rings. The molecule has 0 spiro atoms. The van der Waals surface area contributed by atoms with E-state index in [1.807, 2.05) is 20.8 Å². The van der Waals surface area contributed by atoms with Gasteiger partial charge in [0.2, 0.25) is 0 Å². The van der Waals surface area contributed by atoms with E-state index in [2.05, 4.69) is 6.92 Å².